The van der Waals surface area contributed by atoms with E-state index in [4.69, 9.17) is 33.5 Å². The third kappa shape index (κ3) is 2.99. The summed E-state index contributed by atoms with van der Waals surface area (Å²) in [6.07, 6.45) is 0. The third-order valence-electron chi connectivity index (χ3n) is 1.56. The van der Waals surface area contributed by atoms with Crippen LogP contribution in [0.3, 0.4) is 0 Å². The molecule has 0 heterocycles. The number of carbonyl (C=O) groups is 1. The Labute approximate surface area is 101 Å². The number of carbonyl (C=O) groups excluding carboxylic acids is 1. The molecule has 0 radical (unpaired) electrons. The van der Waals surface area contributed by atoms with Crippen molar-refractivity contribution in [1.82, 2.24) is 0 Å². The highest BCUT2D eigenvalue weighted by molar-refractivity contribution is 7.85. The van der Waals surface area contributed by atoms with Gasteiger partial charge in [0, 0.05) is 0 Å². The highest BCUT2D eigenvalue weighted by atomic mass is 35.5. The molecule has 9 heteroatoms. The van der Waals surface area contributed by atoms with Gasteiger partial charge in [-0.15, -0.1) is 0 Å². The summed E-state index contributed by atoms with van der Waals surface area (Å²) in [6.45, 7) is 0. The number of amides is 2. The van der Waals surface area contributed by atoms with Crippen LogP contribution in [0.25, 0.3) is 0 Å². The minimum Gasteiger partial charge on any atom is -0.351 e. The van der Waals surface area contributed by atoms with Gasteiger partial charge in [0.25, 0.3) is 10.1 Å². The zero-order chi connectivity index (χ0) is 12.5. The van der Waals surface area contributed by atoms with Crippen LogP contribution in [-0.2, 0) is 10.1 Å². The molecule has 1 aromatic rings. The van der Waals surface area contributed by atoms with E-state index in [-0.39, 0.29) is 15.7 Å². The molecule has 0 unspecified atom stereocenters. The molecule has 4 N–H and O–H groups in total. The molecule has 0 saturated heterocycles. The van der Waals surface area contributed by atoms with Crippen molar-refractivity contribution < 1.29 is 17.8 Å². The minimum absolute atomic E-state index is 0.0248. The molecule has 0 spiro atoms. The van der Waals surface area contributed by atoms with Crippen LogP contribution in [0.4, 0.5) is 10.5 Å². The second-order valence-corrected chi connectivity index (χ2v) is 4.96. The Hall–Kier alpha value is -1.02. The van der Waals surface area contributed by atoms with E-state index in [1.54, 1.807) is 0 Å². The number of halogens is 2. The van der Waals surface area contributed by atoms with Crippen LogP contribution in [-0.4, -0.2) is 19.0 Å². The molecule has 0 aliphatic heterocycles. The van der Waals surface area contributed by atoms with Gasteiger partial charge in [0.2, 0.25) is 0 Å². The molecule has 1 rings (SSSR count). The molecule has 0 aromatic heterocycles. The number of benzene rings is 1. The van der Waals surface area contributed by atoms with E-state index >= 15 is 0 Å². The number of urea groups is 1. The molecule has 2 amide bonds. The largest absolute Gasteiger partial charge is 0.351 e. The summed E-state index contributed by atoms with van der Waals surface area (Å²) in [6, 6.07) is 0.977. The van der Waals surface area contributed by atoms with Gasteiger partial charge in [-0.3, -0.25) is 4.55 Å². The summed E-state index contributed by atoms with van der Waals surface area (Å²) < 4.78 is 30.3. The van der Waals surface area contributed by atoms with Gasteiger partial charge >= 0.3 is 6.03 Å². The molecule has 16 heavy (non-hydrogen) atoms. The zero-order valence-corrected chi connectivity index (χ0v) is 9.90. The fraction of sp³-hybridized carbons (Fsp3) is 0. The van der Waals surface area contributed by atoms with E-state index in [9.17, 15) is 13.2 Å². The summed E-state index contributed by atoms with van der Waals surface area (Å²) in [4.78, 5) is 10.1. The highest BCUT2D eigenvalue weighted by Gasteiger charge is 2.16. The standard InChI is InChI=1S/C7H6Cl2N2O4S/c8-4-1-3(16(13,14)15)2-5(9)6(4)11-7(10)12/h1-2H,(H3,10,11,12)(H,13,14,15). The van der Waals surface area contributed by atoms with Crippen molar-refractivity contribution in [3.8, 4) is 0 Å². The Morgan fingerprint density at radius 3 is 2.06 bits per heavy atom. The first-order valence-electron chi connectivity index (χ1n) is 3.75. The van der Waals surface area contributed by atoms with Crippen LogP contribution in [0.15, 0.2) is 17.0 Å². The van der Waals surface area contributed by atoms with E-state index in [1.165, 1.54) is 0 Å². The first kappa shape index (κ1) is 13.0. The Kier molecular flexibility index (Phi) is 3.64. The smallest absolute Gasteiger partial charge is 0.316 e. The molecule has 0 fully saturated rings. The van der Waals surface area contributed by atoms with E-state index < -0.39 is 21.0 Å². The van der Waals surface area contributed by atoms with Crippen LogP contribution >= 0.6 is 23.2 Å². The lowest BCUT2D eigenvalue weighted by Crippen LogP contribution is -2.19. The van der Waals surface area contributed by atoms with Crippen LogP contribution in [0.5, 0.6) is 0 Å². The summed E-state index contributed by atoms with van der Waals surface area (Å²) >= 11 is 11.3. The van der Waals surface area contributed by atoms with E-state index in [1.807, 2.05) is 0 Å². The van der Waals surface area contributed by atoms with Crippen molar-refractivity contribution >= 4 is 45.0 Å². The lowest BCUT2D eigenvalue weighted by molar-refractivity contribution is 0.259. The summed E-state index contributed by atoms with van der Waals surface area (Å²) in [5.74, 6) is 0. The number of primary amides is 1. The molecule has 0 atom stereocenters. The monoisotopic (exact) mass is 284 g/mol. The Morgan fingerprint density at radius 1 is 1.31 bits per heavy atom. The fourth-order valence-corrected chi connectivity index (χ4v) is 2.19. The normalized spacial score (nSPS) is 11.2. The van der Waals surface area contributed by atoms with Crippen molar-refractivity contribution in [2.45, 2.75) is 4.90 Å². The Balaban J connectivity index is 3.34. The quantitative estimate of drug-likeness (QED) is 0.719. The van der Waals surface area contributed by atoms with Gasteiger partial charge < -0.3 is 11.1 Å². The maximum Gasteiger partial charge on any atom is 0.316 e. The van der Waals surface area contributed by atoms with Gasteiger partial charge in [0.05, 0.1) is 20.6 Å². The number of anilines is 1. The SMILES string of the molecule is NC(=O)Nc1c(Cl)cc(S(=O)(=O)O)cc1Cl. The number of hydrogen-bond acceptors (Lipinski definition) is 3. The van der Waals surface area contributed by atoms with Crippen LogP contribution in [0, 0.1) is 0 Å². The first-order chi connectivity index (χ1) is 7.21. The van der Waals surface area contributed by atoms with Gasteiger partial charge in [0.1, 0.15) is 0 Å². The lowest BCUT2D eigenvalue weighted by atomic mass is 10.3. The number of nitrogens with one attached hydrogen (secondary N) is 1. The molecular weight excluding hydrogens is 279 g/mol. The maximum atomic E-state index is 10.8. The number of rotatable bonds is 2. The molecule has 0 aliphatic carbocycles. The second kappa shape index (κ2) is 4.46. The highest BCUT2D eigenvalue weighted by Crippen LogP contribution is 2.33. The van der Waals surface area contributed by atoms with Crippen LogP contribution in [0.2, 0.25) is 10.0 Å². The fourth-order valence-electron chi connectivity index (χ4n) is 0.941. The maximum absolute atomic E-state index is 10.8. The molecule has 0 saturated carbocycles. The van der Waals surface area contributed by atoms with E-state index in [0.29, 0.717) is 0 Å². The van der Waals surface area contributed by atoms with E-state index in [2.05, 4.69) is 5.32 Å². The number of hydrogen-bond donors (Lipinski definition) is 3. The molecule has 88 valence electrons. The molecule has 1 aromatic carbocycles. The third-order valence-corrected chi connectivity index (χ3v) is 2.99. The average molecular weight is 285 g/mol. The topological polar surface area (TPSA) is 109 Å². The van der Waals surface area contributed by atoms with Gasteiger partial charge in [0.15, 0.2) is 0 Å². The van der Waals surface area contributed by atoms with Crippen molar-refractivity contribution in [3.05, 3.63) is 22.2 Å². The summed E-state index contributed by atoms with van der Waals surface area (Å²) in [7, 11) is -4.41. The summed E-state index contributed by atoms with van der Waals surface area (Å²) in [5.41, 5.74) is 4.83. The van der Waals surface area contributed by atoms with Crippen molar-refractivity contribution in [1.29, 1.82) is 0 Å². The first-order valence-corrected chi connectivity index (χ1v) is 5.94. The van der Waals surface area contributed by atoms with Gasteiger partial charge in [-0.1, -0.05) is 23.2 Å². The van der Waals surface area contributed by atoms with Crippen molar-refractivity contribution in [2.75, 3.05) is 5.32 Å². The molecule has 0 bridgehead atoms. The van der Waals surface area contributed by atoms with Crippen LogP contribution < -0.4 is 11.1 Å². The molecule has 6 nitrogen and oxygen atoms in total. The zero-order valence-electron chi connectivity index (χ0n) is 7.57. The minimum atomic E-state index is -4.41. The van der Waals surface area contributed by atoms with Gasteiger partial charge in [-0.05, 0) is 12.1 Å². The summed E-state index contributed by atoms with van der Waals surface area (Å²) in [5, 5.41) is 1.81. The predicted molar refractivity (Wildman–Crippen MR) is 59.5 cm³/mol. The molecule has 0 aliphatic rings. The number of nitrogens with two attached hydrogens (primary N) is 1. The van der Waals surface area contributed by atoms with Crippen molar-refractivity contribution in [2.24, 2.45) is 5.73 Å². The Bertz CT molecular complexity index is 520. The van der Waals surface area contributed by atoms with Gasteiger partial charge in [-0.2, -0.15) is 8.42 Å². The van der Waals surface area contributed by atoms with Gasteiger partial charge in [-0.25, -0.2) is 4.79 Å². The van der Waals surface area contributed by atoms with E-state index in [0.717, 1.165) is 12.1 Å². The van der Waals surface area contributed by atoms with Crippen LogP contribution in [0.1, 0.15) is 0 Å². The lowest BCUT2D eigenvalue weighted by Gasteiger charge is -2.08. The predicted octanol–water partition coefficient (Wildman–Crippen LogP) is 1.73. The Morgan fingerprint density at radius 2 is 1.75 bits per heavy atom. The second-order valence-electron chi connectivity index (χ2n) is 2.73. The molecular formula is C7H6Cl2N2O4S. The average Bonchev–Trinajstić information content (AvgIpc) is 2.09. The van der Waals surface area contributed by atoms with Crippen molar-refractivity contribution in [3.63, 3.8) is 0 Å².